The van der Waals surface area contributed by atoms with Crippen LogP contribution in [0.1, 0.15) is 6.42 Å². The molecule has 1 amide bonds. The molecule has 2 heterocycles. The Kier molecular flexibility index (Phi) is 2.38. The third-order valence-corrected chi connectivity index (χ3v) is 6.28. The van der Waals surface area contributed by atoms with Crippen molar-refractivity contribution in [2.45, 2.75) is 18.6 Å². The number of hydrogen-bond donors (Lipinski definition) is 0. The van der Waals surface area contributed by atoms with Crippen molar-refractivity contribution in [2.75, 3.05) is 12.0 Å². The number of ether oxygens (including phenoxy) is 2. The first-order valence-corrected chi connectivity index (χ1v) is 8.28. The van der Waals surface area contributed by atoms with Gasteiger partial charge in [0.2, 0.25) is 5.91 Å². The molecule has 2 bridgehead atoms. The number of fused-ring (bicyclic) bond motifs is 4. The number of methoxy groups -OCH3 is 1. The Hall–Kier alpha value is -1.56. The second kappa shape index (κ2) is 4.04. The highest BCUT2D eigenvalue weighted by Crippen LogP contribution is 2.63. The summed E-state index contributed by atoms with van der Waals surface area (Å²) in [6, 6.07) is 5.80. The molecule has 6 atom stereocenters. The summed E-state index contributed by atoms with van der Waals surface area (Å²) in [7, 11) is 1.39. The number of amides is 1. The maximum Gasteiger partial charge on any atom is 0.309 e. The van der Waals surface area contributed by atoms with Gasteiger partial charge >= 0.3 is 5.97 Å². The minimum absolute atomic E-state index is 0.0538. The number of halogens is 1. The summed E-state index contributed by atoms with van der Waals surface area (Å²) in [4.78, 5) is 27.1. The maximum absolute atomic E-state index is 13.0. The molecule has 1 aromatic carbocycles. The molecule has 5 nitrogen and oxygen atoms in total. The summed E-state index contributed by atoms with van der Waals surface area (Å²) in [5.41, 5.74) is 0.819. The van der Waals surface area contributed by atoms with Gasteiger partial charge in [-0.3, -0.25) is 9.59 Å². The van der Waals surface area contributed by atoms with Gasteiger partial charge in [-0.2, -0.15) is 0 Å². The maximum atomic E-state index is 13.0. The number of carbonyl (C=O) groups excluding carboxylic acids is 2. The molecule has 2 aliphatic carbocycles. The van der Waals surface area contributed by atoms with Crippen molar-refractivity contribution in [3.8, 4) is 5.75 Å². The van der Waals surface area contributed by atoms with Crippen LogP contribution >= 0.6 is 15.9 Å². The predicted octanol–water partition coefficient (Wildman–Crippen LogP) is 1.98. The van der Waals surface area contributed by atoms with Crippen molar-refractivity contribution in [2.24, 2.45) is 23.7 Å². The molecule has 1 aromatic rings. The summed E-state index contributed by atoms with van der Waals surface area (Å²) < 4.78 is 12.1. The molecule has 5 rings (SSSR count). The highest BCUT2D eigenvalue weighted by molar-refractivity contribution is 9.10. The average Bonchev–Trinajstić information content (AvgIpc) is 3.13. The molecular weight excluding hydrogens is 350 g/mol. The van der Waals surface area contributed by atoms with Crippen LogP contribution in [0.2, 0.25) is 0 Å². The summed E-state index contributed by atoms with van der Waals surface area (Å²) in [6.07, 6.45) is 0.780. The lowest BCUT2D eigenvalue weighted by atomic mass is 9.78. The summed E-state index contributed by atoms with van der Waals surface area (Å²) in [5, 5.41) is 0. The monoisotopic (exact) mass is 363 g/mol. The third-order valence-electron chi connectivity index (χ3n) is 5.79. The Morgan fingerprint density at radius 2 is 2.23 bits per heavy atom. The zero-order valence-corrected chi connectivity index (χ0v) is 13.4. The largest absolute Gasteiger partial charge is 0.486 e. The van der Waals surface area contributed by atoms with Crippen LogP contribution in [0.3, 0.4) is 0 Å². The van der Waals surface area contributed by atoms with E-state index in [1.165, 1.54) is 7.11 Å². The number of benzene rings is 1. The van der Waals surface area contributed by atoms with Gasteiger partial charge in [-0.05, 0) is 30.5 Å². The standard InChI is InChI=1S/C16H14BrNO4/c1-21-16(20)12-8-5-7-11(12)15(19)18-9-4-6(17)2-3-10(9)22-14(8)13(7)18/h2-4,7-8,11-14H,5H2,1H3/t7-,8-,11-,12+,13+,14-/m1/s1. The number of nitrogens with zero attached hydrogens (tertiary/aromatic N) is 1. The molecular formula is C16H14BrNO4. The van der Waals surface area contributed by atoms with Gasteiger partial charge in [0.15, 0.2) is 0 Å². The topological polar surface area (TPSA) is 55.8 Å². The van der Waals surface area contributed by atoms with Crippen molar-refractivity contribution in [1.82, 2.24) is 0 Å². The van der Waals surface area contributed by atoms with Crippen LogP contribution in [0.5, 0.6) is 5.75 Å². The quantitative estimate of drug-likeness (QED) is 0.716. The Morgan fingerprint density at radius 1 is 1.41 bits per heavy atom. The molecule has 0 radical (unpaired) electrons. The van der Waals surface area contributed by atoms with E-state index in [1.54, 1.807) is 0 Å². The first kappa shape index (κ1) is 12.9. The minimum atomic E-state index is -0.355. The van der Waals surface area contributed by atoms with Crippen molar-refractivity contribution in [3.63, 3.8) is 0 Å². The summed E-state index contributed by atoms with van der Waals surface area (Å²) >= 11 is 3.46. The smallest absolute Gasteiger partial charge is 0.309 e. The highest BCUT2D eigenvalue weighted by Gasteiger charge is 2.72. The van der Waals surface area contributed by atoms with E-state index >= 15 is 0 Å². The first-order chi connectivity index (χ1) is 10.6. The minimum Gasteiger partial charge on any atom is -0.486 e. The fourth-order valence-corrected chi connectivity index (χ4v) is 5.48. The van der Waals surface area contributed by atoms with E-state index in [9.17, 15) is 9.59 Å². The molecule has 4 aliphatic rings. The van der Waals surface area contributed by atoms with Crippen LogP contribution in [-0.2, 0) is 14.3 Å². The molecule has 3 fully saturated rings. The molecule has 0 aromatic heterocycles. The molecule has 0 N–H and O–H groups in total. The van der Waals surface area contributed by atoms with E-state index in [4.69, 9.17) is 9.47 Å². The highest BCUT2D eigenvalue weighted by atomic mass is 79.9. The molecule has 2 aliphatic heterocycles. The SMILES string of the molecule is COC(=O)[C@H]1[C@H]2C[C@@H]3[C@H]1C(=O)N1c4cc(Br)ccc4O[C@H]2[C@H]31. The Labute approximate surface area is 135 Å². The number of carbonyl (C=O) groups is 2. The van der Waals surface area contributed by atoms with Crippen LogP contribution < -0.4 is 9.64 Å². The van der Waals surface area contributed by atoms with Crippen LogP contribution in [-0.4, -0.2) is 31.1 Å². The Balaban J connectivity index is 1.67. The molecule has 22 heavy (non-hydrogen) atoms. The second-order valence-electron chi connectivity index (χ2n) is 6.53. The fraction of sp³-hybridized carbons (Fsp3) is 0.500. The van der Waals surface area contributed by atoms with Crippen LogP contribution in [0, 0.1) is 23.7 Å². The molecule has 1 saturated heterocycles. The van der Waals surface area contributed by atoms with Gasteiger partial charge in [-0.1, -0.05) is 15.9 Å². The van der Waals surface area contributed by atoms with E-state index in [2.05, 4.69) is 15.9 Å². The number of esters is 1. The zero-order valence-electron chi connectivity index (χ0n) is 11.9. The second-order valence-corrected chi connectivity index (χ2v) is 7.45. The van der Waals surface area contributed by atoms with Gasteiger partial charge in [-0.15, -0.1) is 0 Å². The van der Waals surface area contributed by atoms with Crippen LogP contribution in [0.15, 0.2) is 22.7 Å². The number of anilines is 1. The van der Waals surface area contributed by atoms with E-state index < -0.39 is 0 Å². The van der Waals surface area contributed by atoms with E-state index in [0.717, 1.165) is 22.3 Å². The van der Waals surface area contributed by atoms with Gasteiger partial charge in [0, 0.05) is 10.4 Å². The Bertz CT molecular complexity index is 720. The molecule has 0 spiro atoms. The van der Waals surface area contributed by atoms with Crippen molar-refractivity contribution in [1.29, 1.82) is 0 Å². The third kappa shape index (κ3) is 1.31. The zero-order chi connectivity index (χ0) is 15.2. The van der Waals surface area contributed by atoms with Gasteiger partial charge < -0.3 is 14.4 Å². The lowest BCUT2D eigenvalue weighted by Crippen LogP contribution is -2.50. The van der Waals surface area contributed by atoms with Gasteiger partial charge in [-0.25, -0.2) is 0 Å². The average molecular weight is 364 g/mol. The lowest BCUT2D eigenvalue weighted by molar-refractivity contribution is -0.152. The summed E-state index contributed by atoms with van der Waals surface area (Å²) in [6.45, 7) is 0. The number of hydrogen-bond acceptors (Lipinski definition) is 4. The van der Waals surface area contributed by atoms with E-state index in [0.29, 0.717) is 0 Å². The molecule has 0 unspecified atom stereocenters. The van der Waals surface area contributed by atoms with Gasteiger partial charge in [0.05, 0.1) is 30.7 Å². The fourth-order valence-electron chi connectivity index (χ4n) is 5.13. The summed E-state index contributed by atoms with van der Waals surface area (Å²) in [5.74, 6) is 0.204. The number of rotatable bonds is 1. The molecule has 2 saturated carbocycles. The van der Waals surface area contributed by atoms with Gasteiger partial charge in [0.1, 0.15) is 11.9 Å². The first-order valence-electron chi connectivity index (χ1n) is 7.49. The molecule has 6 heteroatoms. The van der Waals surface area contributed by atoms with Gasteiger partial charge in [0.25, 0.3) is 0 Å². The normalized spacial score (nSPS) is 39.7. The van der Waals surface area contributed by atoms with E-state index in [1.807, 2.05) is 23.1 Å². The lowest BCUT2D eigenvalue weighted by Gasteiger charge is -2.39. The predicted molar refractivity (Wildman–Crippen MR) is 80.4 cm³/mol. The van der Waals surface area contributed by atoms with Crippen molar-refractivity contribution < 1.29 is 19.1 Å². The Morgan fingerprint density at radius 3 is 3.00 bits per heavy atom. The molecule has 114 valence electrons. The van der Waals surface area contributed by atoms with Crippen molar-refractivity contribution in [3.05, 3.63) is 22.7 Å². The van der Waals surface area contributed by atoms with E-state index in [-0.39, 0.29) is 47.7 Å². The van der Waals surface area contributed by atoms with Crippen molar-refractivity contribution >= 4 is 33.5 Å². The van der Waals surface area contributed by atoms with Crippen LogP contribution in [0.25, 0.3) is 0 Å². The van der Waals surface area contributed by atoms with Crippen LogP contribution in [0.4, 0.5) is 5.69 Å².